The average Bonchev–Trinajstić information content (AvgIpc) is 3.18. The fourth-order valence-electron chi connectivity index (χ4n) is 5.08. The summed E-state index contributed by atoms with van der Waals surface area (Å²) in [6, 6.07) is 16.2. The van der Waals surface area contributed by atoms with Crippen LogP contribution in [-0.4, -0.2) is 51.5 Å². The minimum absolute atomic E-state index is 0.0252. The molecule has 3 aromatic rings. The van der Waals surface area contributed by atoms with Gasteiger partial charge >= 0.3 is 12.1 Å². The molecule has 0 saturated heterocycles. The molecule has 2 N–H and O–H groups in total. The average molecular weight is 458 g/mol. The van der Waals surface area contributed by atoms with E-state index in [0.717, 1.165) is 22.3 Å². The number of hydrogen-bond donors (Lipinski definition) is 2. The minimum atomic E-state index is -1.14. The van der Waals surface area contributed by atoms with Crippen molar-refractivity contribution in [2.75, 3.05) is 18.1 Å². The van der Waals surface area contributed by atoms with Gasteiger partial charge in [-0.15, -0.1) is 0 Å². The van der Waals surface area contributed by atoms with Crippen molar-refractivity contribution in [3.63, 3.8) is 0 Å². The maximum Gasteiger partial charge on any atom is 0.408 e. The SMILES string of the molecule is O=C(NC1(C(=O)N2CCn3ncc(C(=O)O)c32)CC1)OCC1c2ccccc2-c2ccccc21. The van der Waals surface area contributed by atoms with E-state index in [9.17, 15) is 19.5 Å². The zero-order valence-corrected chi connectivity index (χ0v) is 18.2. The van der Waals surface area contributed by atoms with Gasteiger partial charge in [-0.2, -0.15) is 5.10 Å². The zero-order chi connectivity index (χ0) is 23.4. The molecule has 6 rings (SSSR count). The van der Waals surface area contributed by atoms with Crippen molar-refractivity contribution in [1.82, 2.24) is 15.1 Å². The second-order valence-electron chi connectivity index (χ2n) is 8.90. The normalized spacial score (nSPS) is 17.0. The Bertz CT molecular complexity index is 1300. The van der Waals surface area contributed by atoms with Crippen molar-refractivity contribution in [1.29, 1.82) is 0 Å². The van der Waals surface area contributed by atoms with Crippen molar-refractivity contribution >= 4 is 23.8 Å². The molecule has 2 heterocycles. The summed E-state index contributed by atoms with van der Waals surface area (Å²) >= 11 is 0. The van der Waals surface area contributed by atoms with Crippen molar-refractivity contribution in [3.05, 3.63) is 71.4 Å². The fraction of sp³-hybridized carbons (Fsp3) is 0.280. The van der Waals surface area contributed by atoms with Gasteiger partial charge < -0.3 is 15.2 Å². The van der Waals surface area contributed by atoms with Crippen LogP contribution in [0.5, 0.6) is 0 Å². The van der Waals surface area contributed by atoms with E-state index in [2.05, 4.69) is 22.5 Å². The number of benzene rings is 2. The fourth-order valence-corrected chi connectivity index (χ4v) is 5.08. The lowest BCUT2D eigenvalue weighted by atomic mass is 9.98. The number of carbonyl (C=O) groups excluding carboxylic acids is 2. The van der Waals surface area contributed by atoms with Crippen LogP contribution in [0.4, 0.5) is 10.6 Å². The van der Waals surface area contributed by atoms with Gasteiger partial charge in [-0.25, -0.2) is 14.3 Å². The highest BCUT2D eigenvalue weighted by Gasteiger charge is 2.55. The molecule has 34 heavy (non-hydrogen) atoms. The van der Waals surface area contributed by atoms with E-state index in [4.69, 9.17) is 4.74 Å². The minimum Gasteiger partial charge on any atom is -0.477 e. The van der Waals surface area contributed by atoms with E-state index in [1.54, 1.807) is 0 Å². The molecule has 0 spiro atoms. The van der Waals surface area contributed by atoms with Crippen LogP contribution >= 0.6 is 0 Å². The molecule has 2 amide bonds. The van der Waals surface area contributed by atoms with Gasteiger partial charge in [0.15, 0.2) is 0 Å². The number of fused-ring (bicyclic) bond motifs is 4. The summed E-state index contributed by atoms with van der Waals surface area (Å²) in [4.78, 5) is 39.0. The van der Waals surface area contributed by atoms with Crippen LogP contribution in [0.15, 0.2) is 54.7 Å². The first kappa shape index (κ1) is 20.5. The summed E-state index contributed by atoms with van der Waals surface area (Å²) in [5, 5.41) is 16.2. The number of anilines is 1. The van der Waals surface area contributed by atoms with Crippen LogP contribution in [0.25, 0.3) is 11.1 Å². The van der Waals surface area contributed by atoms with Gasteiger partial charge in [0.25, 0.3) is 5.91 Å². The lowest BCUT2D eigenvalue weighted by Gasteiger charge is -2.24. The maximum absolute atomic E-state index is 13.3. The number of aromatic nitrogens is 2. The molecule has 2 aromatic carbocycles. The molecule has 0 radical (unpaired) electrons. The number of carbonyl (C=O) groups is 3. The molecule has 0 atom stereocenters. The number of aromatic carboxylic acids is 1. The van der Waals surface area contributed by atoms with Crippen LogP contribution < -0.4 is 10.2 Å². The topological polar surface area (TPSA) is 114 Å². The highest BCUT2D eigenvalue weighted by Crippen LogP contribution is 2.45. The van der Waals surface area contributed by atoms with Crippen LogP contribution in [0.1, 0.15) is 40.2 Å². The smallest absolute Gasteiger partial charge is 0.408 e. The summed E-state index contributed by atoms with van der Waals surface area (Å²) in [6.45, 7) is 0.884. The molecule has 1 saturated carbocycles. The Morgan fingerprint density at radius 3 is 2.29 bits per heavy atom. The number of amides is 2. The van der Waals surface area contributed by atoms with Crippen LogP contribution in [-0.2, 0) is 16.1 Å². The number of carboxylic acid groups (broad SMARTS) is 1. The first-order valence-electron chi connectivity index (χ1n) is 11.2. The van der Waals surface area contributed by atoms with E-state index in [1.165, 1.54) is 15.8 Å². The number of nitrogens with zero attached hydrogens (tertiary/aromatic N) is 3. The Kier molecular flexibility index (Phi) is 4.48. The highest BCUT2D eigenvalue weighted by atomic mass is 16.5. The molecular weight excluding hydrogens is 436 g/mol. The number of carboxylic acids is 1. The summed E-state index contributed by atoms with van der Waals surface area (Å²) in [5.41, 5.74) is 3.41. The van der Waals surface area contributed by atoms with Crippen LogP contribution in [0.2, 0.25) is 0 Å². The summed E-state index contributed by atoms with van der Waals surface area (Å²) in [7, 11) is 0. The monoisotopic (exact) mass is 458 g/mol. The molecule has 2 aliphatic carbocycles. The predicted molar refractivity (Wildman–Crippen MR) is 122 cm³/mol. The quantitative estimate of drug-likeness (QED) is 0.608. The van der Waals surface area contributed by atoms with Crippen LogP contribution in [0.3, 0.4) is 0 Å². The first-order valence-corrected chi connectivity index (χ1v) is 11.2. The number of ether oxygens (including phenoxy) is 1. The van der Waals surface area contributed by atoms with Crippen molar-refractivity contribution in [2.45, 2.75) is 30.8 Å². The zero-order valence-electron chi connectivity index (χ0n) is 18.2. The summed E-state index contributed by atoms with van der Waals surface area (Å²) in [6.07, 6.45) is 1.54. The molecule has 9 heteroatoms. The standard InChI is InChI=1S/C25H22N4O5/c30-22(31)19-13-26-29-12-11-28(21(19)29)23(32)25(9-10-25)27-24(33)34-14-20-17-7-3-1-5-15(17)16-6-2-4-8-18(16)20/h1-8,13,20H,9-12,14H2,(H,27,33)(H,30,31). The Balaban J connectivity index is 1.16. The Hall–Kier alpha value is -4.14. The van der Waals surface area contributed by atoms with Crippen molar-refractivity contribution in [3.8, 4) is 11.1 Å². The third kappa shape index (κ3) is 3.07. The number of rotatable bonds is 5. The molecule has 1 aliphatic heterocycles. The predicted octanol–water partition coefficient (Wildman–Crippen LogP) is 3.00. The maximum atomic E-state index is 13.3. The first-order chi connectivity index (χ1) is 16.5. The van der Waals surface area contributed by atoms with Gasteiger partial charge in [0.05, 0.1) is 12.7 Å². The van der Waals surface area contributed by atoms with E-state index in [1.807, 2.05) is 36.4 Å². The molecule has 1 aromatic heterocycles. The third-order valence-electron chi connectivity index (χ3n) is 6.92. The highest BCUT2D eigenvalue weighted by molar-refractivity contribution is 6.07. The second-order valence-corrected chi connectivity index (χ2v) is 8.90. The van der Waals surface area contributed by atoms with Gasteiger partial charge in [-0.3, -0.25) is 9.69 Å². The van der Waals surface area contributed by atoms with E-state index >= 15 is 0 Å². The molecule has 3 aliphatic rings. The largest absolute Gasteiger partial charge is 0.477 e. The Labute approximate surface area is 194 Å². The molecule has 0 unspecified atom stereocenters. The van der Waals surface area contributed by atoms with Crippen molar-refractivity contribution in [2.24, 2.45) is 0 Å². The molecule has 1 fully saturated rings. The van der Waals surface area contributed by atoms with E-state index in [0.29, 0.717) is 25.9 Å². The number of alkyl carbamates (subject to hydrolysis) is 1. The van der Waals surface area contributed by atoms with Gasteiger partial charge in [-0.05, 0) is 35.1 Å². The Morgan fingerprint density at radius 2 is 1.68 bits per heavy atom. The second kappa shape index (κ2) is 7.44. The van der Waals surface area contributed by atoms with Gasteiger partial charge in [-0.1, -0.05) is 48.5 Å². The van der Waals surface area contributed by atoms with Crippen LogP contribution in [0, 0.1) is 0 Å². The summed E-state index contributed by atoms with van der Waals surface area (Å²) < 4.78 is 7.12. The molecule has 9 nitrogen and oxygen atoms in total. The van der Waals surface area contributed by atoms with Gasteiger partial charge in [0.1, 0.15) is 23.5 Å². The molecule has 0 bridgehead atoms. The number of nitrogens with one attached hydrogen (secondary N) is 1. The third-order valence-corrected chi connectivity index (χ3v) is 6.92. The summed E-state index contributed by atoms with van der Waals surface area (Å²) in [5.74, 6) is -1.29. The lowest BCUT2D eigenvalue weighted by molar-refractivity contribution is -0.121. The van der Waals surface area contributed by atoms with E-state index in [-0.39, 0.29) is 29.8 Å². The lowest BCUT2D eigenvalue weighted by Crippen LogP contribution is -2.51. The Morgan fingerprint density at radius 1 is 1.03 bits per heavy atom. The van der Waals surface area contributed by atoms with Crippen molar-refractivity contribution < 1.29 is 24.2 Å². The number of hydrogen-bond acceptors (Lipinski definition) is 5. The van der Waals surface area contributed by atoms with Gasteiger partial charge in [0.2, 0.25) is 0 Å². The molecular formula is C25H22N4O5. The van der Waals surface area contributed by atoms with Gasteiger partial charge in [0, 0.05) is 12.5 Å². The van der Waals surface area contributed by atoms with E-state index < -0.39 is 17.6 Å². The molecule has 172 valence electrons.